The summed E-state index contributed by atoms with van der Waals surface area (Å²) in [5, 5.41) is 62.6. The largest absolute Gasteiger partial charge is 0.493 e. The lowest BCUT2D eigenvalue weighted by Crippen LogP contribution is -2.67. The van der Waals surface area contributed by atoms with Gasteiger partial charge in [0, 0.05) is 43.7 Å². The summed E-state index contributed by atoms with van der Waals surface area (Å²) in [6, 6.07) is 9.21. The smallest absolute Gasteiger partial charge is 0.336 e. The summed E-state index contributed by atoms with van der Waals surface area (Å²) in [5.41, 5.74) is 2.01. The Morgan fingerprint density at radius 3 is 2.43 bits per heavy atom. The lowest BCUT2D eigenvalue weighted by atomic mass is 9.81. The molecule has 65 heavy (non-hydrogen) atoms. The van der Waals surface area contributed by atoms with Gasteiger partial charge in [0.15, 0.2) is 5.60 Å². The third-order valence-electron chi connectivity index (χ3n) is 13.2. The Morgan fingerprint density at radius 1 is 0.923 bits per heavy atom. The van der Waals surface area contributed by atoms with Gasteiger partial charge in [0.05, 0.1) is 49.1 Å². The van der Waals surface area contributed by atoms with Crippen LogP contribution in [0.3, 0.4) is 0 Å². The number of carbonyl (C=O) groups excluding carboxylic acids is 3. The fourth-order valence-electron chi connectivity index (χ4n) is 9.63. The first-order chi connectivity index (χ1) is 31.3. The van der Waals surface area contributed by atoms with Crippen molar-refractivity contribution in [3.8, 4) is 5.75 Å². The van der Waals surface area contributed by atoms with Gasteiger partial charge in [-0.15, -0.1) is 5.10 Å². The second-order valence-corrected chi connectivity index (χ2v) is 18.2. The lowest BCUT2D eigenvalue weighted by molar-refractivity contribution is -0.226. The Labute approximate surface area is 379 Å². The fraction of sp³-hybridized carbons (Fsp3) is 0.583. The normalized spacial score (nSPS) is 29.1. The van der Waals surface area contributed by atoms with Crippen LogP contribution in [0.2, 0.25) is 0 Å². The van der Waals surface area contributed by atoms with Crippen molar-refractivity contribution in [2.75, 3.05) is 26.4 Å². The van der Waals surface area contributed by atoms with Gasteiger partial charge in [-0.1, -0.05) is 54.8 Å². The SMILES string of the molecule is Cc1cc2cc(C)c1OCCCC[C@H](NC(=O)C1CCCOC1)c1cccc(c1)/C=C/C[C@]1(C(=O)O)C[C@H](O)C(NC(=O)Cn3cc(C4CCCCC4)nn3)[C@@H](O1)[C@H](O)[C@H](O)CNC2=O. The molecular weight excluding hydrogens is 837 g/mol. The molecule has 17 nitrogen and oxygen atoms in total. The second kappa shape index (κ2) is 21.9. The summed E-state index contributed by atoms with van der Waals surface area (Å²) >= 11 is 0. The summed E-state index contributed by atoms with van der Waals surface area (Å²) in [4.78, 5) is 53.7. The van der Waals surface area contributed by atoms with Crippen LogP contribution in [0.25, 0.3) is 6.08 Å². The summed E-state index contributed by atoms with van der Waals surface area (Å²) in [7, 11) is 0. The number of hydrogen-bond donors (Lipinski definition) is 7. The van der Waals surface area contributed by atoms with Crippen molar-refractivity contribution < 1.29 is 53.8 Å². The predicted octanol–water partition coefficient (Wildman–Crippen LogP) is 3.80. The molecular formula is C48H64N6O11. The van der Waals surface area contributed by atoms with Gasteiger partial charge in [-0.05, 0) is 99.2 Å². The average Bonchev–Trinajstić information content (AvgIpc) is 3.77. The van der Waals surface area contributed by atoms with E-state index in [9.17, 15) is 39.6 Å². The van der Waals surface area contributed by atoms with E-state index in [0.29, 0.717) is 44.0 Å². The van der Waals surface area contributed by atoms with Crippen molar-refractivity contribution in [1.29, 1.82) is 0 Å². The molecule has 4 aliphatic heterocycles. The minimum Gasteiger partial charge on any atom is -0.493 e. The highest BCUT2D eigenvalue weighted by atomic mass is 16.6. The van der Waals surface area contributed by atoms with Crippen LogP contribution in [0.5, 0.6) is 5.75 Å². The molecule has 1 saturated carbocycles. The monoisotopic (exact) mass is 900 g/mol. The average molecular weight is 901 g/mol. The molecule has 0 spiro atoms. The number of amides is 3. The lowest BCUT2D eigenvalue weighted by Gasteiger charge is -2.47. The number of ether oxygens (including phenoxy) is 3. The quantitative estimate of drug-likeness (QED) is 0.179. The number of nitrogens with one attached hydrogen (secondary N) is 3. The number of carboxylic acids is 1. The molecule has 0 radical (unpaired) electrons. The number of aromatic nitrogens is 3. The number of aliphatic hydroxyl groups excluding tert-OH is 3. The number of aliphatic hydroxyl groups is 3. The summed E-state index contributed by atoms with van der Waals surface area (Å²) in [5.74, 6) is -2.01. The molecule has 3 aromatic rings. The van der Waals surface area contributed by atoms with E-state index in [1.54, 1.807) is 30.5 Å². The van der Waals surface area contributed by atoms with Crippen molar-refractivity contribution in [2.45, 2.75) is 145 Å². The Bertz CT molecular complexity index is 2140. The van der Waals surface area contributed by atoms with Gasteiger partial charge in [0.1, 0.15) is 24.5 Å². The van der Waals surface area contributed by atoms with Crippen molar-refractivity contribution in [3.05, 3.63) is 82.2 Å². The number of rotatable bonds is 7. The maximum Gasteiger partial charge on any atom is 0.336 e. The standard InChI is InChI=1S/C48H64N6O11/c1-29-21-35-22-30(2)43(29)64-20-7-6-17-36(50-46(60)34-16-10-19-63-28-34)33-15-8-11-31(23-33)12-9-18-48(47(61)62)24-38(55)41(44(65-48)42(58)39(56)25-49-45(35)59)51-40(57)27-54-26-37(52-53-54)32-13-4-3-5-14-32/h8-9,11-12,15,21-23,26,32,34,36,38-39,41-42,44,55-56,58H,3-7,10,13-14,16-20,24-25,27-28H2,1-2H3,(H,49,59)(H,50,60)(H,51,57)(H,61,62)/b12-9+/t34?,36-,38-,39+,41?,42+,44+,48+/m0/s1. The highest BCUT2D eigenvalue weighted by Crippen LogP contribution is 2.36. The first kappa shape index (κ1) is 47.8. The van der Waals surface area contributed by atoms with Crippen molar-refractivity contribution in [1.82, 2.24) is 30.9 Å². The maximum atomic E-state index is 13.6. The van der Waals surface area contributed by atoms with E-state index in [4.69, 9.17) is 14.2 Å². The van der Waals surface area contributed by atoms with E-state index in [1.807, 2.05) is 38.1 Å². The predicted molar refractivity (Wildman–Crippen MR) is 238 cm³/mol. The van der Waals surface area contributed by atoms with Crippen molar-refractivity contribution >= 4 is 29.8 Å². The Hall–Kier alpha value is -5.20. The highest BCUT2D eigenvalue weighted by Gasteiger charge is 2.54. The van der Waals surface area contributed by atoms with Gasteiger partial charge in [-0.2, -0.15) is 0 Å². The number of hydrogen-bond acceptors (Lipinski definition) is 12. The topological polar surface area (TPSA) is 244 Å². The molecule has 1 aliphatic carbocycles. The molecule has 1 aromatic heterocycles. The van der Waals surface area contributed by atoms with Crippen LogP contribution in [0.1, 0.15) is 127 Å². The minimum absolute atomic E-state index is 0.0784. The Balaban J connectivity index is 1.16. The van der Waals surface area contributed by atoms with E-state index in [1.165, 1.54) is 11.1 Å². The number of carbonyl (C=O) groups is 4. The number of fused-ring (bicyclic) bond motifs is 12. The van der Waals surface area contributed by atoms with E-state index >= 15 is 0 Å². The molecule has 17 heteroatoms. The summed E-state index contributed by atoms with van der Waals surface area (Å²) in [6.07, 6.45) is 6.42. The number of carboxylic acid groups (broad SMARTS) is 1. The van der Waals surface area contributed by atoms with Gasteiger partial charge in [0.25, 0.3) is 5.91 Å². The van der Waals surface area contributed by atoms with Gasteiger partial charge in [-0.3, -0.25) is 14.4 Å². The molecule has 3 fully saturated rings. The molecule has 5 aliphatic rings. The Kier molecular flexibility index (Phi) is 16.1. The molecule has 2 aromatic carbocycles. The first-order valence-corrected chi connectivity index (χ1v) is 23.1. The summed E-state index contributed by atoms with van der Waals surface area (Å²) < 4.78 is 19.5. The van der Waals surface area contributed by atoms with E-state index in [2.05, 4.69) is 26.3 Å². The second-order valence-electron chi connectivity index (χ2n) is 18.2. The van der Waals surface area contributed by atoms with Gasteiger partial charge in [-0.25, -0.2) is 9.48 Å². The Morgan fingerprint density at radius 2 is 1.69 bits per heavy atom. The number of aryl methyl sites for hydroxylation is 2. The van der Waals surface area contributed by atoms with E-state index in [0.717, 1.165) is 72.9 Å². The molecule has 5 heterocycles. The first-order valence-electron chi connectivity index (χ1n) is 23.1. The summed E-state index contributed by atoms with van der Waals surface area (Å²) in [6.45, 7) is 4.32. The maximum absolute atomic E-state index is 13.6. The van der Waals surface area contributed by atoms with Crippen LogP contribution in [0.4, 0.5) is 0 Å². The van der Waals surface area contributed by atoms with Crippen LogP contribution < -0.4 is 20.7 Å². The molecule has 6 bridgehead atoms. The number of nitrogens with zero attached hydrogens (tertiary/aromatic N) is 3. The molecule has 7 N–H and O–H groups in total. The minimum atomic E-state index is -2.10. The van der Waals surface area contributed by atoms with E-state index in [-0.39, 0.29) is 36.8 Å². The number of aliphatic carboxylic acids is 1. The highest BCUT2D eigenvalue weighted by molar-refractivity contribution is 5.95. The third kappa shape index (κ3) is 12.0. The third-order valence-corrected chi connectivity index (χ3v) is 13.2. The van der Waals surface area contributed by atoms with E-state index < -0.39 is 66.8 Å². The van der Waals surface area contributed by atoms with Gasteiger partial charge in [0.2, 0.25) is 11.8 Å². The van der Waals surface area contributed by atoms with Crippen LogP contribution in [-0.4, -0.2) is 122 Å². The van der Waals surface area contributed by atoms with Gasteiger partial charge >= 0.3 is 5.97 Å². The number of benzene rings is 2. The molecule has 2 unspecified atom stereocenters. The zero-order valence-corrected chi connectivity index (χ0v) is 37.3. The van der Waals surface area contributed by atoms with Crippen molar-refractivity contribution in [2.24, 2.45) is 5.92 Å². The van der Waals surface area contributed by atoms with Crippen molar-refractivity contribution in [3.63, 3.8) is 0 Å². The van der Waals surface area contributed by atoms with Gasteiger partial charge < -0.3 is 50.6 Å². The molecule has 2 saturated heterocycles. The van der Waals surface area contributed by atoms with Crippen LogP contribution >= 0.6 is 0 Å². The molecule has 352 valence electrons. The molecule has 8 rings (SSSR count). The van der Waals surface area contributed by atoms with Crippen LogP contribution in [-0.2, 0) is 30.4 Å². The van der Waals surface area contributed by atoms with Crippen LogP contribution in [0.15, 0.2) is 48.7 Å². The fourth-order valence-corrected chi connectivity index (χ4v) is 9.63. The zero-order valence-electron chi connectivity index (χ0n) is 37.3. The zero-order chi connectivity index (χ0) is 46.1. The molecule has 8 atom stereocenters. The van der Waals surface area contributed by atoms with Crippen LogP contribution in [0, 0.1) is 19.8 Å². The molecule has 3 amide bonds.